The predicted octanol–water partition coefficient (Wildman–Crippen LogP) is 3.49. The SMILES string of the molecule is COc1ccc(OCCOC(=O)c2ccc(Cl)c([N+](=O)[O-])c2)cc1. The lowest BCUT2D eigenvalue weighted by atomic mass is 10.2. The number of nitro benzene ring substituents is 1. The molecule has 2 aromatic rings. The zero-order valence-electron chi connectivity index (χ0n) is 12.7. The predicted molar refractivity (Wildman–Crippen MR) is 86.9 cm³/mol. The van der Waals surface area contributed by atoms with Gasteiger partial charge in [-0.25, -0.2) is 4.79 Å². The Kier molecular flexibility index (Phi) is 5.97. The van der Waals surface area contributed by atoms with E-state index in [1.165, 1.54) is 12.1 Å². The first-order chi connectivity index (χ1) is 11.5. The second kappa shape index (κ2) is 8.16. The van der Waals surface area contributed by atoms with Crippen LogP contribution in [0.5, 0.6) is 11.5 Å². The molecular weight excluding hydrogens is 338 g/mol. The number of rotatable bonds is 7. The van der Waals surface area contributed by atoms with Crippen molar-refractivity contribution < 1.29 is 23.9 Å². The number of hydrogen-bond acceptors (Lipinski definition) is 6. The van der Waals surface area contributed by atoms with Crippen molar-refractivity contribution >= 4 is 23.3 Å². The molecule has 0 aliphatic rings. The topological polar surface area (TPSA) is 87.9 Å². The molecule has 0 radical (unpaired) electrons. The molecule has 8 heteroatoms. The lowest BCUT2D eigenvalue weighted by Crippen LogP contribution is -2.12. The second-order valence-corrected chi connectivity index (χ2v) is 4.99. The van der Waals surface area contributed by atoms with Crippen LogP contribution >= 0.6 is 11.6 Å². The number of methoxy groups -OCH3 is 1. The van der Waals surface area contributed by atoms with Gasteiger partial charge >= 0.3 is 5.97 Å². The maximum Gasteiger partial charge on any atom is 0.338 e. The smallest absolute Gasteiger partial charge is 0.338 e. The van der Waals surface area contributed by atoms with Gasteiger partial charge in [0.2, 0.25) is 0 Å². The molecular formula is C16H14ClNO6. The van der Waals surface area contributed by atoms with Gasteiger partial charge in [0.05, 0.1) is 17.6 Å². The zero-order valence-corrected chi connectivity index (χ0v) is 13.5. The Hall–Kier alpha value is -2.80. The minimum absolute atomic E-state index is 0.00128. The van der Waals surface area contributed by atoms with Crippen molar-refractivity contribution in [2.45, 2.75) is 0 Å². The van der Waals surface area contributed by atoms with Crippen LogP contribution < -0.4 is 9.47 Å². The Balaban J connectivity index is 1.84. The van der Waals surface area contributed by atoms with E-state index in [2.05, 4.69) is 0 Å². The molecule has 0 saturated carbocycles. The number of benzene rings is 2. The van der Waals surface area contributed by atoms with Gasteiger partial charge in [-0.05, 0) is 36.4 Å². The van der Waals surface area contributed by atoms with Gasteiger partial charge in [0.25, 0.3) is 5.69 Å². The Morgan fingerprint density at radius 2 is 1.79 bits per heavy atom. The highest BCUT2D eigenvalue weighted by molar-refractivity contribution is 6.32. The second-order valence-electron chi connectivity index (χ2n) is 4.58. The lowest BCUT2D eigenvalue weighted by Gasteiger charge is -2.08. The summed E-state index contributed by atoms with van der Waals surface area (Å²) in [5.41, 5.74) is -0.295. The van der Waals surface area contributed by atoms with Crippen LogP contribution in [-0.4, -0.2) is 31.2 Å². The lowest BCUT2D eigenvalue weighted by molar-refractivity contribution is -0.384. The quantitative estimate of drug-likeness (QED) is 0.328. The molecule has 24 heavy (non-hydrogen) atoms. The van der Waals surface area contributed by atoms with Crippen LogP contribution in [-0.2, 0) is 4.74 Å². The van der Waals surface area contributed by atoms with E-state index in [1.54, 1.807) is 31.4 Å². The van der Waals surface area contributed by atoms with E-state index in [0.717, 1.165) is 6.07 Å². The minimum Gasteiger partial charge on any atom is -0.497 e. The summed E-state index contributed by atoms with van der Waals surface area (Å²) in [4.78, 5) is 22.0. The Labute approximate surface area is 142 Å². The average molecular weight is 352 g/mol. The molecule has 0 bridgehead atoms. The highest BCUT2D eigenvalue weighted by Crippen LogP contribution is 2.25. The monoisotopic (exact) mass is 351 g/mol. The third-order valence-corrected chi connectivity index (χ3v) is 3.34. The van der Waals surface area contributed by atoms with Crippen molar-refractivity contribution in [1.29, 1.82) is 0 Å². The summed E-state index contributed by atoms with van der Waals surface area (Å²) in [6, 6.07) is 10.7. The zero-order chi connectivity index (χ0) is 17.5. The summed E-state index contributed by atoms with van der Waals surface area (Å²) in [6.07, 6.45) is 0. The Morgan fingerprint density at radius 1 is 1.12 bits per heavy atom. The maximum absolute atomic E-state index is 11.9. The van der Waals surface area contributed by atoms with E-state index in [-0.39, 0.29) is 29.5 Å². The molecule has 0 aliphatic heterocycles. The van der Waals surface area contributed by atoms with E-state index < -0.39 is 10.9 Å². The van der Waals surface area contributed by atoms with Gasteiger partial charge in [-0.3, -0.25) is 10.1 Å². The molecule has 0 unspecified atom stereocenters. The van der Waals surface area contributed by atoms with E-state index in [9.17, 15) is 14.9 Å². The summed E-state index contributed by atoms with van der Waals surface area (Å²) in [6.45, 7) is 0.148. The standard InChI is InChI=1S/C16H14ClNO6/c1-22-12-3-5-13(6-4-12)23-8-9-24-16(19)11-2-7-14(17)15(10-11)18(20)21/h2-7,10H,8-9H2,1H3. The van der Waals surface area contributed by atoms with Crippen molar-refractivity contribution in [3.05, 3.63) is 63.2 Å². The first-order valence-corrected chi connectivity index (χ1v) is 7.27. The molecule has 0 heterocycles. The highest BCUT2D eigenvalue weighted by atomic mass is 35.5. The molecule has 2 rings (SSSR count). The van der Waals surface area contributed by atoms with Crippen molar-refractivity contribution in [2.24, 2.45) is 0 Å². The van der Waals surface area contributed by atoms with Crippen LogP contribution in [0.25, 0.3) is 0 Å². The molecule has 0 fully saturated rings. The average Bonchev–Trinajstić information content (AvgIpc) is 2.59. The fourth-order valence-corrected chi connectivity index (χ4v) is 2.02. The van der Waals surface area contributed by atoms with Crippen LogP contribution in [0, 0.1) is 10.1 Å². The number of halogens is 1. The fraction of sp³-hybridized carbons (Fsp3) is 0.188. The minimum atomic E-state index is -0.687. The Bertz CT molecular complexity index is 732. The summed E-state index contributed by atoms with van der Waals surface area (Å²) in [7, 11) is 1.57. The van der Waals surface area contributed by atoms with E-state index >= 15 is 0 Å². The summed E-state index contributed by atoms with van der Waals surface area (Å²) < 4.78 is 15.5. The number of hydrogen-bond donors (Lipinski definition) is 0. The molecule has 0 atom stereocenters. The summed E-state index contributed by atoms with van der Waals surface area (Å²) in [5, 5.41) is 10.8. The normalized spacial score (nSPS) is 10.1. The summed E-state index contributed by atoms with van der Waals surface area (Å²) in [5.74, 6) is 0.625. The molecule has 0 N–H and O–H groups in total. The van der Waals surface area contributed by atoms with E-state index in [1.807, 2.05) is 0 Å². The Morgan fingerprint density at radius 3 is 2.42 bits per heavy atom. The third kappa shape index (κ3) is 4.60. The first kappa shape index (κ1) is 17.6. The van der Waals surface area contributed by atoms with Crippen LogP contribution in [0.2, 0.25) is 5.02 Å². The van der Waals surface area contributed by atoms with Gasteiger partial charge < -0.3 is 14.2 Å². The van der Waals surface area contributed by atoms with Crippen molar-refractivity contribution in [3.8, 4) is 11.5 Å². The maximum atomic E-state index is 11.9. The number of carbonyl (C=O) groups excluding carboxylic acids is 1. The number of nitrogens with zero attached hydrogens (tertiary/aromatic N) is 1. The number of ether oxygens (including phenoxy) is 3. The van der Waals surface area contributed by atoms with Crippen LogP contribution in [0.1, 0.15) is 10.4 Å². The molecule has 0 spiro atoms. The molecule has 0 saturated heterocycles. The third-order valence-electron chi connectivity index (χ3n) is 3.02. The number of esters is 1. The molecule has 0 aromatic heterocycles. The van der Waals surface area contributed by atoms with Gasteiger partial charge in [-0.1, -0.05) is 11.6 Å². The van der Waals surface area contributed by atoms with E-state index in [0.29, 0.717) is 11.5 Å². The molecule has 126 valence electrons. The van der Waals surface area contributed by atoms with Gasteiger partial charge in [-0.15, -0.1) is 0 Å². The highest BCUT2D eigenvalue weighted by Gasteiger charge is 2.17. The van der Waals surface area contributed by atoms with Gasteiger partial charge in [0.1, 0.15) is 29.7 Å². The van der Waals surface area contributed by atoms with Crippen molar-refractivity contribution in [3.63, 3.8) is 0 Å². The van der Waals surface area contributed by atoms with Crippen molar-refractivity contribution in [2.75, 3.05) is 20.3 Å². The first-order valence-electron chi connectivity index (χ1n) is 6.89. The summed E-state index contributed by atoms with van der Waals surface area (Å²) >= 11 is 5.69. The molecule has 2 aromatic carbocycles. The van der Waals surface area contributed by atoms with Crippen LogP contribution in [0.3, 0.4) is 0 Å². The van der Waals surface area contributed by atoms with Crippen LogP contribution in [0.15, 0.2) is 42.5 Å². The van der Waals surface area contributed by atoms with E-state index in [4.69, 9.17) is 25.8 Å². The molecule has 0 aliphatic carbocycles. The fourth-order valence-electron chi connectivity index (χ4n) is 1.83. The van der Waals surface area contributed by atoms with Gasteiger partial charge in [0.15, 0.2) is 0 Å². The molecule has 7 nitrogen and oxygen atoms in total. The number of nitro groups is 1. The number of carbonyl (C=O) groups is 1. The van der Waals surface area contributed by atoms with Gasteiger partial charge in [-0.2, -0.15) is 0 Å². The van der Waals surface area contributed by atoms with Crippen molar-refractivity contribution in [1.82, 2.24) is 0 Å². The largest absolute Gasteiger partial charge is 0.497 e. The molecule has 0 amide bonds. The van der Waals surface area contributed by atoms with Gasteiger partial charge in [0, 0.05) is 6.07 Å². The van der Waals surface area contributed by atoms with Crippen LogP contribution in [0.4, 0.5) is 5.69 Å².